The van der Waals surface area contributed by atoms with E-state index in [1.165, 1.54) is 18.7 Å². The molecule has 7 nitrogen and oxygen atoms in total. The Morgan fingerprint density at radius 2 is 2.08 bits per heavy atom. The number of carbonyl (C=O) groups is 2. The molecule has 0 fully saturated rings. The molecule has 0 aliphatic rings. The third-order valence-electron chi connectivity index (χ3n) is 3.44. The first kappa shape index (κ1) is 18.1. The van der Waals surface area contributed by atoms with Gasteiger partial charge in [0.05, 0.1) is 17.5 Å². The van der Waals surface area contributed by atoms with Crippen LogP contribution < -0.4 is 5.32 Å². The lowest BCUT2D eigenvalue weighted by atomic mass is 10.0. The quantitative estimate of drug-likeness (QED) is 0.768. The van der Waals surface area contributed by atoms with Gasteiger partial charge in [-0.2, -0.15) is 4.68 Å². The Morgan fingerprint density at radius 3 is 2.71 bits per heavy atom. The molecule has 1 N–H and O–H groups in total. The molecule has 0 aliphatic carbocycles. The van der Waals surface area contributed by atoms with Gasteiger partial charge in [-0.15, -0.1) is 5.10 Å². The van der Waals surface area contributed by atoms with Crippen molar-refractivity contribution in [1.82, 2.24) is 25.5 Å². The van der Waals surface area contributed by atoms with Crippen LogP contribution in [0.3, 0.4) is 0 Å². The SMILES string of the molecule is CC(=O)C(NC(=O)CSc1nnnn1-c1cccc(C)c1)C(C)C. The van der Waals surface area contributed by atoms with E-state index in [4.69, 9.17) is 0 Å². The Hall–Kier alpha value is -2.22. The summed E-state index contributed by atoms with van der Waals surface area (Å²) in [5, 5.41) is 14.9. The molecule has 1 amide bonds. The zero-order chi connectivity index (χ0) is 17.7. The maximum absolute atomic E-state index is 12.1. The summed E-state index contributed by atoms with van der Waals surface area (Å²) in [6.07, 6.45) is 0. The lowest BCUT2D eigenvalue weighted by Gasteiger charge is -2.19. The maximum Gasteiger partial charge on any atom is 0.231 e. The Labute approximate surface area is 145 Å². The Morgan fingerprint density at radius 1 is 1.33 bits per heavy atom. The smallest absolute Gasteiger partial charge is 0.231 e. The molecule has 0 radical (unpaired) electrons. The zero-order valence-corrected chi connectivity index (χ0v) is 15.0. The van der Waals surface area contributed by atoms with Crippen LogP contribution in [0, 0.1) is 12.8 Å². The van der Waals surface area contributed by atoms with E-state index in [0.717, 1.165) is 11.3 Å². The van der Waals surface area contributed by atoms with Gasteiger partial charge in [0.1, 0.15) is 0 Å². The van der Waals surface area contributed by atoms with Crippen molar-refractivity contribution < 1.29 is 9.59 Å². The minimum absolute atomic E-state index is 0.0482. The number of hydrogen-bond donors (Lipinski definition) is 1. The molecule has 2 aromatic rings. The van der Waals surface area contributed by atoms with Crippen LogP contribution in [0.4, 0.5) is 0 Å². The number of aryl methyl sites for hydroxylation is 1. The summed E-state index contributed by atoms with van der Waals surface area (Å²) in [5.41, 5.74) is 1.93. The predicted octanol–water partition coefficient (Wildman–Crippen LogP) is 1.79. The van der Waals surface area contributed by atoms with Crippen molar-refractivity contribution in [2.24, 2.45) is 5.92 Å². The number of ketones is 1. The molecule has 1 atom stereocenters. The predicted molar refractivity (Wildman–Crippen MR) is 92.1 cm³/mol. The fraction of sp³-hybridized carbons (Fsp3) is 0.438. The number of thioether (sulfide) groups is 1. The molecular formula is C16H21N5O2S. The third kappa shape index (κ3) is 4.64. The van der Waals surface area contributed by atoms with Crippen molar-refractivity contribution in [1.29, 1.82) is 0 Å². The average Bonchev–Trinajstić information content (AvgIpc) is 2.98. The van der Waals surface area contributed by atoms with Crippen LogP contribution in [-0.4, -0.2) is 43.7 Å². The lowest BCUT2D eigenvalue weighted by molar-refractivity contribution is -0.126. The van der Waals surface area contributed by atoms with Crippen LogP contribution in [0.5, 0.6) is 0 Å². The van der Waals surface area contributed by atoms with E-state index in [-0.39, 0.29) is 23.4 Å². The monoisotopic (exact) mass is 347 g/mol. The third-order valence-corrected chi connectivity index (χ3v) is 4.36. The minimum Gasteiger partial charge on any atom is -0.345 e. The van der Waals surface area contributed by atoms with E-state index in [9.17, 15) is 9.59 Å². The standard InChI is InChI=1S/C16H21N5O2S/c1-10(2)15(12(4)22)17-14(23)9-24-16-18-19-20-21(16)13-7-5-6-11(3)8-13/h5-8,10,15H,9H2,1-4H3,(H,17,23). The summed E-state index contributed by atoms with van der Waals surface area (Å²) in [5.74, 6) is -0.0717. The van der Waals surface area contributed by atoms with Gasteiger partial charge in [-0.25, -0.2) is 0 Å². The number of amides is 1. The van der Waals surface area contributed by atoms with Crippen molar-refractivity contribution in [3.8, 4) is 5.69 Å². The molecule has 0 aliphatic heterocycles. The summed E-state index contributed by atoms with van der Waals surface area (Å²) in [4.78, 5) is 23.7. The first-order valence-corrected chi connectivity index (χ1v) is 8.65. The lowest BCUT2D eigenvalue weighted by Crippen LogP contribution is -2.44. The Kier molecular flexibility index (Phi) is 6.08. The second-order valence-corrected chi connectivity index (χ2v) is 6.84. The topological polar surface area (TPSA) is 89.8 Å². The van der Waals surface area contributed by atoms with E-state index in [1.54, 1.807) is 4.68 Å². The highest BCUT2D eigenvalue weighted by Gasteiger charge is 2.21. The molecule has 0 saturated carbocycles. The molecule has 1 heterocycles. The van der Waals surface area contributed by atoms with Gasteiger partial charge < -0.3 is 5.32 Å². The fourth-order valence-corrected chi connectivity index (χ4v) is 2.98. The Balaban J connectivity index is 2.02. The largest absolute Gasteiger partial charge is 0.345 e. The van der Waals surface area contributed by atoms with Crippen LogP contribution in [0.1, 0.15) is 26.3 Å². The molecule has 1 aromatic heterocycles. The van der Waals surface area contributed by atoms with Crippen molar-refractivity contribution >= 4 is 23.5 Å². The minimum atomic E-state index is -0.467. The average molecular weight is 347 g/mol. The highest BCUT2D eigenvalue weighted by Crippen LogP contribution is 2.18. The number of Topliss-reactive ketones (excluding diaryl/α,β-unsaturated/α-hetero) is 1. The van der Waals surface area contributed by atoms with Gasteiger partial charge in [-0.05, 0) is 47.9 Å². The van der Waals surface area contributed by atoms with Gasteiger partial charge in [-0.3, -0.25) is 9.59 Å². The highest BCUT2D eigenvalue weighted by molar-refractivity contribution is 7.99. The van der Waals surface area contributed by atoms with E-state index >= 15 is 0 Å². The number of aromatic nitrogens is 4. The summed E-state index contributed by atoms with van der Waals surface area (Å²) >= 11 is 1.23. The molecule has 0 bridgehead atoms. The van der Waals surface area contributed by atoms with Crippen molar-refractivity contribution in [3.05, 3.63) is 29.8 Å². The van der Waals surface area contributed by atoms with Crippen molar-refractivity contribution in [2.75, 3.05) is 5.75 Å². The summed E-state index contributed by atoms with van der Waals surface area (Å²) in [6, 6.07) is 7.31. The van der Waals surface area contributed by atoms with Gasteiger partial charge in [0.2, 0.25) is 11.1 Å². The molecule has 8 heteroatoms. The van der Waals surface area contributed by atoms with Gasteiger partial charge in [0.15, 0.2) is 5.78 Å². The van der Waals surface area contributed by atoms with Gasteiger partial charge in [0, 0.05) is 0 Å². The first-order chi connectivity index (χ1) is 11.4. The number of tetrazole rings is 1. The summed E-state index contributed by atoms with van der Waals surface area (Å²) < 4.78 is 1.59. The molecule has 0 spiro atoms. The van der Waals surface area contributed by atoms with Crippen molar-refractivity contribution in [2.45, 2.75) is 38.9 Å². The molecule has 24 heavy (non-hydrogen) atoms. The maximum atomic E-state index is 12.1. The van der Waals surface area contributed by atoms with E-state index in [1.807, 2.05) is 45.0 Å². The second-order valence-electron chi connectivity index (χ2n) is 5.90. The van der Waals surface area contributed by atoms with Crippen LogP contribution in [0.15, 0.2) is 29.4 Å². The van der Waals surface area contributed by atoms with Crippen molar-refractivity contribution in [3.63, 3.8) is 0 Å². The van der Waals surface area contributed by atoms with Gasteiger partial charge in [0.25, 0.3) is 0 Å². The van der Waals surface area contributed by atoms with E-state index in [0.29, 0.717) is 5.16 Å². The highest BCUT2D eigenvalue weighted by atomic mass is 32.2. The molecule has 1 aromatic carbocycles. The molecular weight excluding hydrogens is 326 g/mol. The van der Waals surface area contributed by atoms with Gasteiger partial charge >= 0.3 is 0 Å². The fourth-order valence-electron chi connectivity index (χ4n) is 2.27. The second kappa shape index (κ2) is 8.05. The number of benzene rings is 1. The number of nitrogens with zero attached hydrogens (tertiary/aromatic N) is 4. The van der Waals surface area contributed by atoms with E-state index < -0.39 is 6.04 Å². The molecule has 128 valence electrons. The van der Waals surface area contributed by atoms with Crippen LogP contribution in [0.2, 0.25) is 0 Å². The summed E-state index contributed by atoms with van der Waals surface area (Å²) in [6.45, 7) is 7.27. The van der Waals surface area contributed by atoms with Crippen LogP contribution >= 0.6 is 11.8 Å². The van der Waals surface area contributed by atoms with Crippen LogP contribution in [-0.2, 0) is 9.59 Å². The number of nitrogens with one attached hydrogen (secondary N) is 1. The van der Waals surface area contributed by atoms with Crippen LogP contribution in [0.25, 0.3) is 5.69 Å². The van der Waals surface area contributed by atoms with E-state index in [2.05, 4.69) is 20.8 Å². The zero-order valence-electron chi connectivity index (χ0n) is 14.2. The normalized spacial score (nSPS) is 12.2. The molecule has 0 saturated heterocycles. The van der Waals surface area contributed by atoms with Gasteiger partial charge in [-0.1, -0.05) is 37.7 Å². The first-order valence-electron chi connectivity index (χ1n) is 7.66. The molecule has 1 unspecified atom stereocenters. The Bertz CT molecular complexity index is 729. The number of rotatable bonds is 7. The number of hydrogen-bond acceptors (Lipinski definition) is 6. The number of carbonyl (C=O) groups excluding carboxylic acids is 2. The summed E-state index contributed by atoms with van der Waals surface area (Å²) in [7, 11) is 0. The molecule has 2 rings (SSSR count).